The molecule has 1 aliphatic rings. The minimum atomic E-state index is 0.261. The third-order valence-electron chi connectivity index (χ3n) is 4.30. The molecule has 2 rings (SSSR count). The van der Waals surface area contributed by atoms with Crippen molar-refractivity contribution < 1.29 is 4.74 Å². The molecule has 0 spiro atoms. The van der Waals surface area contributed by atoms with Gasteiger partial charge in [-0.3, -0.25) is 0 Å². The van der Waals surface area contributed by atoms with Crippen LogP contribution in [0.25, 0.3) is 0 Å². The van der Waals surface area contributed by atoms with Gasteiger partial charge < -0.3 is 16.2 Å². The van der Waals surface area contributed by atoms with Gasteiger partial charge in [-0.05, 0) is 49.6 Å². The van der Waals surface area contributed by atoms with Crippen LogP contribution in [-0.2, 0) is 6.54 Å². The summed E-state index contributed by atoms with van der Waals surface area (Å²) in [6, 6.07) is 6.10. The smallest absolute Gasteiger partial charge is 0.268 e. The molecule has 120 valence electrons. The lowest BCUT2D eigenvalue weighted by molar-refractivity contribution is 0.275. The summed E-state index contributed by atoms with van der Waals surface area (Å²) in [5, 5.41) is 9.00. The Balaban J connectivity index is 0.00000116. The van der Waals surface area contributed by atoms with Crippen molar-refractivity contribution in [2.45, 2.75) is 45.4 Å². The number of benzene rings is 1. The van der Waals surface area contributed by atoms with Crippen molar-refractivity contribution in [2.24, 2.45) is 17.4 Å². The van der Waals surface area contributed by atoms with E-state index in [2.05, 4.69) is 24.7 Å². The van der Waals surface area contributed by atoms with E-state index in [-0.39, 0.29) is 6.71 Å². The fourth-order valence-electron chi connectivity index (χ4n) is 2.97. The molecule has 4 nitrogen and oxygen atoms in total. The average molecular weight is 301 g/mol. The maximum absolute atomic E-state index is 9.00. The van der Waals surface area contributed by atoms with Gasteiger partial charge in [-0.15, -0.1) is 0 Å². The van der Waals surface area contributed by atoms with Crippen LogP contribution < -0.4 is 16.2 Å². The number of rotatable bonds is 5. The molecular formula is C17H28BN3O. The highest BCUT2D eigenvalue weighted by atomic mass is 16.5. The van der Waals surface area contributed by atoms with E-state index in [0.717, 1.165) is 37.0 Å². The number of hydrogen-bond acceptors (Lipinski definition) is 4. The second-order valence-corrected chi connectivity index (χ2v) is 5.79. The highest BCUT2D eigenvalue weighted by Crippen LogP contribution is 2.27. The van der Waals surface area contributed by atoms with Crippen LogP contribution in [0.3, 0.4) is 0 Å². The number of nitrogens with two attached hydrogens (primary N) is 2. The summed E-state index contributed by atoms with van der Waals surface area (Å²) in [5.41, 5.74) is 12.6. The van der Waals surface area contributed by atoms with E-state index in [1.165, 1.54) is 25.5 Å². The first-order valence-corrected chi connectivity index (χ1v) is 8.12. The lowest BCUT2D eigenvalue weighted by Crippen LogP contribution is -2.22. The predicted molar refractivity (Wildman–Crippen MR) is 93.0 cm³/mol. The number of nitrogens with zero attached hydrogens (tertiary/aromatic N) is 1. The van der Waals surface area contributed by atoms with E-state index in [1.54, 1.807) is 0 Å². The largest absolute Gasteiger partial charge is 0.494 e. The molecule has 1 aromatic rings. The fraction of sp³-hybridized carbons (Fsp3) is 0.588. The SMILES string of the molecule is CN.Cc1ccc(OCCC2CCCB(C#N)C2)cc1CN. The summed E-state index contributed by atoms with van der Waals surface area (Å²) in [6.07, 6.45) is 5.59. The van der Waals surface area contributed by atoms with E-state index in [4.69, 9.17) is 15.7 Å². The molecule has 1 aromatic carbocycles. The number of hydrogen-bond donors (Lipinski definition) is 2. The Kier molecular flexibility index (Phi) is 8.65. The van der Waals surface area contributed by atoms with Crippen molar-refractivity contribution in [1.29, 1.82) is 5.26 Å². The van der Waals surface area contributed by atoms with Gasteiger partial charge >= 0.3 is 0 Å². The zero-order valence-electron chi connectivity index (χ0n) is 13.8. The molecule has 5 heteroatoms. The van der Waals surface area contributed by atoms with Crippen molar-refractivity contribution in [1.82, 2.24) is 0 Å². The van der Waals surface area contributed by atoms with Crippen LogP contribution in [-0.4, -0.2) is 20.4 Å². The van der Waals surface area contributed by atoms with Gasteiger partial charge in [0.25, 0.3) is 6.71 Å². The Labute approximate surface area is 134 Å². The topological polar surface area (TPSA) is 85.1 Å². The molecule has 0 saturated carbocycles. The minimum absolute atomic E-state index is 0.261. The second kappa shape index (κ2) is 10.3. The molecule has 1 aliphatic heterocycles. The van der Waals surface area contributed by atoms with Gasteiger partial charge in [0.15, 0.2) is 0 Å². The molecule has 0 aliphatic carbocycles. The van der Waals surface area contributed by atoms with Crippen LogP contribution in [0, 0.1) is 24.1 Å². The molecule has 0 amide bonds. The van der Waals surface area contributed by atoms with E-state index >= 15 is 0 Å². The molecule has 1 heterocycles. The highest BCUT2D eigenvalue weighted by Gasteiger charge is 2.24. The van der Waals surface area contributed by atoms with Crippen molar-refractivity contribution >= 4 is 6.71 Å². The lowest BCUT2D eigenvalue weighted by atomic mass is 9.41. The summed E-state index contributed by atoms with van der Waals surface area (Å²) < 4.78 is 5.84. The number of aryl methyl sites for hydroxylation is 1. The molecule has 1 unspecified atom stereocenters. The lowest BCUT2D eigenvalue weighted by Gasteiger charge is -2.23. The number of nitriles is 1. The Morgan fingerprint density at radius 2 is 2.18 bits per heavy atom. The van der Waals surface area contributed by atoms with Crippen molar-refractivity contribution in [3.05, 3.63) is 29.3 Å². The molecule has 1 saturated heterocycles. The summed E-state index contributed by atoms with van der Waals surface area (Å²) in [6.45, 7) is 3.61. The summed E-state index contributed by atoms with van der Waals surface area (Å²) in [5.74, 6) is 3.96. The van der Waals surface area contributed by atoms with Gasteiger partial charge in [-0.2, -0.15) is 0 Å². The monoisotopic (exact) mass is 301 g/mol. The Hall–Kier alpha value is -1.51. The van der Waals surface area contributed by atoms with Gasteiger partial charge in [0, 0.05) is 12.5 Å². The first-order valence-electron chi connectivity index (χ1n) is 8.12. The van der Waals surface area contributed by atoms with Gasteiger partial charge in [-0.25, -0.2) is 5.26 Å². The van der Waals surface area contributed by atoms with Crippen LogP contribution in [0.15, 0.2) is 18.2 Å². The fourth-order valence-corrected chi connectivity index (χ4v) is 2.97. The summed E-state index contributed by atoms with van der Waals surface area (Å²) >= 11 is 0. The maximum Gasteiger partial charge on any atom is 0.268 e. The third kappa shape index (κ3) is 5.71. The van der Waals surface area contributed by atoms with Crippen LogP contribution in [0.1, 0.15) is 30.4 Å². The Bertz CT molecular complexity index is 487. The molecular weight excluding hydrogens is 273 g/mol. The van der Waals surface area contributed by atoms with Crippen LogP contribution in [0.2, 0.25) is 12.6 Å². The predicted octanol–water partition coefficient (Wildman–Crippen LogP) is 2.77. The maximum atomic E-state index is 9.00. The van der Waals surface area contributed by atoms with E-state index in [9.17, 15) is 0 Å². The van der Waals surface area contributed by atoms with Gasteiger partial charge in [0.2, 0.25) is 0 Å². The zero-order chi connectivity index (χ0) is 16.4. The first kappa shape index (κ1) is 18.5. The second-order valence-electron chi connectivity index (χ2n) is 5.79. The summed E-state index contributed by atoms with van der Waals surface area (Å²) in [4.78, 5) is 0. The van der Waals surface area contributed by atoms with E-state index < -0.39 is 0 Å². The summed E-state index contributed by atoms with van der Waals surface area (Å²) in [7, 11) is 1.50. The third-order valence-corrected chi connectivity index (χ3v) is 4.30. The van der Waals surface area contributed by atoms with Gasteiger partial charge in [0.1, 0.15) is 5.75 Å². The Morgan fingerprint density at radius 1 is 1.41 bits per heavy atom. The van der Waals surface area contributed by atoms with E-state index in [0.29, 0.717) is 12.5 Å². The van der Waals surface area contributed by atoms with E-state index in [1.807, 2.05) is 12.1 Å². The quantitative estimate of drug-likeness (QED) is 0.819. The normalized spacial score (nSPS) is 17.2. The van der Waals surface area contributed by atoms with Crippen LogP contribution >= 0.6 is 0 Å². The molecule has 4 N–H and O–H groups in total. The molecule has 0 aromatic heterocycles. The Morgan fingerprint density at radius 3 is 2.86 bits per heavy atom. The molecule has 0 radical (unpaired) electrons. The zero-order valence-corrected chi connectivity index (χ0v) is 13.8. The van der Waals surface area contributed by atoms with Crippen molar-refractivity contribution in [3.8, 4) is 11.7 Å². The van der Waals surface area contributed by atoms with Crippen LogP contribution in [0.5, 0.6) is 5.75 Å². The average Bonchev–Trinajstić information content (AvgIpc) is 2.58. The van der Waals surface area contributed by atoms with Crippen molar-refractivity contribution in [3.63, 3.8) is 0 Å². The first-order chi connectivity index (χ1) is 10.7. The molecule has 1 fully saturated rings. The van der Waals surface area contributed by atoms with Gasteiger partial charge in [0.05, 0.1) is 6.61 Å². The van der Waals surface area contributed by atoms with Crippen LogP contribution in [0.4, 0.5) is 0 Å². The molecule has 1 atom stereocenters. The van der Waals surface area contributed by atoms with Crippen molar-refractivity contribution in [2.75, 3.05) is 13.7 Å². The standard InChI is InChI=1S/C16H23BN2O.CH5N/c1-13-4-5-16(9-15(13)11-18)20-8-6-14-3-2-7-17(10-14)12-19;1-2/h4-5,9,14H,2-3,6-8,10-11,18H2,1H3;2H2,1H3. The minimum Gasteiger partial charge on any atom is -0.494 e. The number of ether oxygens (including phenoxy) is 1. The molecule has 0 bridgehead atoms. The molecule has 22 heavy (non-hydrogen) atoms. The highest BCUT2D eigenvalue weighted by molar-refractivity contribution is 6.67. The van der Waals surface area contributed by atoms with Gasteiger partial charge in [-0.1, -0.05) is 31.5 Å².